The lowest BCUT2D eigenvalue weighted by atomic mass is 10.1. The van der Waals surface area contributed by atoms with E-state index in [1.165, 1.54) is 31.5 Å². The van der Waals surface area contributed by atoms with E-state index in [2.05, 4.69) is 48.8 Å². The van der Waals surface area contributed by atoms with Gasteiger partial charge in [-0.1, -0.05) is 18.7 Å². The van der Waals surface area contributed by atoms with Crippen LogP contribution in [-0.2, 0) is 6.54 Å². The van der Waals surface area contributed by atoms with Crippen molar-refractivity contribution in [1.29, 1.82) is 0 Å². The number of aryl methyl sites for hydroxylation is 1. The molecule has 0 unspecified atom stereocenters. The van der Waals surface area contributed by atoms with E-state index in [9.17, 15) is 0 Å². The first kappa shape index (κ1) is 19.4. The fourth-order valence-electron chi connectivity index (χ4n) is 4.08. The van der Waals surface area contributed by atoms with E-state index < -0.39 is 0 Å². The monoisotopic (exact) mass is 411 g/mol. The summed E-state index contributed by atoms with van der Waals surface area (Å²) < 4.78 is 0. The minimum Gasteiger partial charge on any atom is -0.340 e. The summed E-state index contributed by atoms with van der Waals surface area (Å²) in [6.45, 7) is 9.00. The number of imidazole rings is 1. The second kappa shape index (κ2) is 8.28. The molecule has 0 atom stereocenters. The Bertz CT molecular complexity index is 1260. The zero-order valence-electron chi connectivity index (χ0n) is 17.6. The first-order valence-electron chi connectivity index (χ1n) is 10.6. The van der Waals surface area contributed by atoms with Crippen LogP contribution in [0.5, 0.6) is 0 Å². The second-order valence-electron chi connectivity index (χ2n) is 7.95. The number of H-pyrrole nitrogens is 2. The van der Waals surface area contributed by atoms with E-state index >= 15 is 0 Å². The molecule has 7 heteroatoms. The third-order valence-corrected chi connectivity index (χ3v) is 5.69. The molecular formula is C24H25N7. The van der Waals surface area contributed by atoms with E-state index in [0.29, 0.717) is 5.65 Å². The third kappa shape index (κ3) is 3.92. The van der Waals surface area contributed by atoms with Crippen molar-refractivity contribution < 1.29 is 0 Å². The average Bonchev–Trinajstić information content (AvgIpc) is 3.52. The molecule has 1 saturated heterocycles. The van der Waals surface area contributed by atoms with Crippen molar-refractivity contribution in [3.05, 3.63) is 66.4 Å². The zero-order chi connectivity index (χ0) is 21.2. The maximum absolute atomic E-state index is 4.71. The van der Waals surface area contributed by atoms with Gasteiger partial charge in [0.2, 0.25) is 0 Å². The van der Waals surface area contributed by atoms with Crippen LogP contribution in [0.1, 0.15) is 29.8 Å². The molecule has 7 nitrogen and oxygen atoms in total. The van der Waals surface area contributed by atoms with Crippen LogP contribution in [0.25, 0.3) is 39.8 Å². The molecule has 0 bridgehead atoms. The summed E-state index contributed by atoms with van der Waals surface area (Å²) in [4.78, 5) is 19.6. The molecule has 4 aromatic heterocycles. The smallest absolute Gasteiger partial charge is 0.181 e. The van der Waals surface area contributed by atoms with Crippen molar-refractivity contribution in [2.75, 3.05) is 13.1 Å². The number of fused-ring (bicyclic) bond motifs is 1. The van der Waals surface area contributed by atoms with Crippen LogP contribution in [0, 0.1) is 6.92 Å². The maximum Gasteiger partial charge on any atom is 0.181 e. The highest BCUT2D eigenvalue weighted by atomic mass is 15.2. The summed E-state index contributed by atoms with van der Waals surface area (Å²) in [7, 11) is 0. The number of pyridine rings is 2. The molecule has 0 amide bonds. The van der Waals surface area contributed by atoms with Crippen LogP contribution in [-0.4, -0.2) is 48.1 Å². The molecule has 156 valence electrons. The standard InChI is InChI=1S/C24H25N7/c1-3-4-7-21-16(2)27-24(28-21)22-20-11-19(14-26-23(20)30-29-22)18-10-17(12-25-13-18)15-31-8-5-6-9-31/h3-4,7,10-14H,1,5-6,8-9,15H2,2H3,(H,27,28)(H,26,29,30)/b7-4-. The number of aromatic nitrogens is 6. The van der Waals surface area contributed by atoms with Gasteiger partial charge in [-0.3, -0.25) is 15.0 Å². The van der Waals surface area contributed by atoms with Crippen LogP contribution in [0.15, 0.2) is 49.5 Å². The number of hydrogen-bond donors (Lipinski definition) is 2. The number of nitrogens with zero attached hydrogens (tertiary/aromatic N) is 5. The molecule has 31 heavy (non-hydrogen) atoms. The first-order valence-corrected chi connectivity index (χ1v) is 10.6. The first-order chi connectivity index (χ1) is 15.2. The molecule has 2 N–H and O–H groups in total. The Kier molecular flexibility index (Phi) is 5.18. The molecule has 0 saturated carbocycles. The summed E-state index contributed by atoms with van der Waals surface area (Å²) in [6.07, 6.45) is 13.8. The van der Waals surface area contributed by atoms with Gasteiger partial charge in [0.25, 0.3) is 0 Å². The fourth-order valence-corrected chi connectivity index (χ4v) is 4.08. The van der Waals surface area contributed by atoms with Crippen LogP contribution < -0.4 is 0 Å². The molecule has 0 aliphatic carbocycles. The Labute approximate surface area is 181 Å². The van der Waals surface area contributed by atoms with Crippen molar-refractivity contribution >= 4 is 17.1 Å². The van der Waals surface area contributed by atoms with E-state index in [1.807, 2.05) is 37.7 Å². The number of hydrogen-bond acceptors (Lipinski definition) is 5. The van der Waals surface area contributed by atoms with Gasteiger partial charge in [0.05, 0.1) is 11.1 Å². The lowest BCUT2D eigenvalue weighted by molar-refractivity contribution is 0.331. The molecule has 0 spiro atoms. The maximum atomic E-state index is 4.71. The molecular weight excluding hydrogens is 386 g/mol. The highest BCUT2D eigenvalue weighted by molar-refractivity contribution is 5.91. The topological polar surface area (TPSA) is 86.4 Å². The van der Waals surface area contributed by atoms with Gasteiger partial charge < -0.3 is 4.98 Å². The van der Waals surface area contributed by atoms with Crippen molar-refractivity contribution in [3.8, 4) is 22.6 Å². The minimum absolute atomic E-state index is 0.664. The van der Waals surface area contributed by atoms with Gasteiger partial charge in [-0.25, -0.2) is 9.97 Å². The number of nitrogens with one attached hydrogen (secondary N) is 2. The van der Waals surface area contributed by atoms with Gasteiger partial charge in [-0.05, 0) is 56.6 Å². The molecule has 0 radical (unpaired) electrons. The molecule has 0 aromatic carbocycles. The summed E-state index contributed by atoms with van der Waals surface area (Å²) in [5.41, 5.74) is 6.65. The molecule has 5 heterocycles. The summed E-state index contributed by atoms with van der Waals surface area (Å²) in [5, 5.41) is 8.38. The molecule has 1 fully saturated rings. The third-order valence-electron chi connectivity index (χ3n) is 5.69. The van der Waals surface area contributed by atoms with Gasteiger partial charge >= 0.3 is 0 Å². The lowest BCUT2D eigenvalue weighted by Gasteiger charge is -2.14. The van der Waals surface area contributed by atoms with Crippen LogP contribution >= 0.6 is 0 Å². The zero-order valence-corrected chi connectivity index (χ0v) is 17.6. The van der Waals surface area contributed by atoms with Crippen molar-refractivity contribution in [2.45, 2.75) is 26.3 Å². The van der Waals surface area contributed by atoms with E-state index in [4.69, 9.17) is 4.98 Å². The SMILES string of the molecule is C=C/C=C\c1nc(-c2[nH]nc3ncc(-c4cncc(CN5CCCC5)c4)cc23)[nH]c1C. The van der Waals surface area contributed by atoms with Gasteiger partial charge in [-0.2, -0.15) is 5.10 Å². The predicted molar refractivity (Wildman–Crippen MR) is 123 cm³/mol. The number of aromatic amines is 2. The average molecular weight is 412 g/mol. The summed E-state index contributed by atoms with van der Waals surface area (Å²) >= 11 is 0. The minimum atomic E-state index is 0.664. The quantitative estimate of drug-likeness (QED) is 0.456. The van der Waals surface area contributed by atoms with E-state index in [0.717, 1.165) is 46.0 Å². The normalized spacial score (nSPS) is 14.7. The van der Waals surface area contributed by atoms with E-state index in [1.54, 1.807) is 6.08 Å². The molecule has 5 rings (SSSR count). The Hall–Kier alpha value is -3.58. The summed E-state index contributed by atoms with van der Waals surface area (Å²) in [5.74, 6) is 0.739. The van der Waals surface area contributed by atoms with Crippen LogP contribution in [0.2, 0.25) is 0 Å². The lowest BCUT2D eigenvalue weighted by Crippen LogP contribution is -2.18. The van der Waals surface area contributed by atoms with Gasteiger partial charge in [-0.15, -0.1) is 0 Å². The second-order valence-corrected chi connectivity index (χ2v) is 7.95. The Morgan fingerprint density at radius 2 is 1.97 bits per heavy atom. The number of rotatable bonds is 6. The Morgan fingerprint density at radius 1 is 1.13 bits per heavy atom. The van der Waals surface area contributed by atoms with E-state index in [-0.39, 0.29) is 0 Å². The highest BCUT2D eigenvalue weighted by Crippen LogP contribution is 2.29. The van der Waals surface area contributed by atoms with Crippen LogP contribution in [0.4, 0.5) is 0 Å². The largest absolute Gasteiger partial charge is 0.340 e. The summed E-state index contributed by atoms with van der Waals surface area (Å²) in [6, 6.07) is 4.32. The van der Waals surface area contributed by atoms with Crippen molar-refractivity contribution in [2.24, 2.45) is 0 Å². The van der Waals surface area contributed by atoms with Gasteiger partial charge in [0.15, 0.2) is 11.5 Å². The van der Waals surface area contributed by atoms with Gasteiger partial charge in [0.1, 0.15) is 5.69 Å². The molecule has 1 aliphatic heterocycles. The Morgan fingerprint density at radius 3 is 2.81 bits per heavy atom. The predicted octanol–water partition coefficient (Wildman–Crippen LogP) is 4.51. The highest BCUT2D eigenvalue weighted by Gasteiger charge is 2.16. The number of likely N-dealkylation sites (tertiary alicyclic amines) is 1. The van der Waals surface area contributed by atoms with Crippen molar-refractivity contribution in [1.82, 2.24) is 35.0 Å². The van der Waals surface area contributed by atoms with Crippen LogP contribution in [0.3, 0.4) is 0 Å². The Balaban J connectivity index is 1.50. The van der Waals surface area contributed by atoms with Crippen molar-refractivity contribution in [3.63, 3.8) is 0 Å². The number of allylic oxidation sites excluding steroid dienone is 2. The molecule has 1 aliphatic rings. The van der Waals surface area contributed by atoms with Gasteiger partial charge in [0, 0.05) is 42.0 Å². The molecule has 4 aromatic rings. The fraction of sp³-hybridized carbons (Fsp3) is 0.250.